The van der Waals surface area contributed by atoms with Gasteiger partial charge in [-0.2, -0.15) is 0 Å². The lowest BCUT2D eigenvalue weighted by molar-refractivity contribution is -0.394. The molecule has 0 saturated heterocycles. The summed E-state index contributed by atoms with van der Waals surface area (Å²) < 4.78 is 16.8. The zero-order valence-corrected chi connectivity index (χ0v) is 20.2. The molecule has 180 valence electrons. The normalized spacial score (nSPS) is 10.7. The molecule has 35 heavy (non-hydrogen) atoms. The number of non-ortho nitro benzene ring substituents is 1. The second kappa shape index (κ2) is 11.3. The smallest absolute Gasteiger partial charge is 0.349 e. The highest BCUT2D eigenvalue weighted by Gasteiger charge is 2.18. The zero-order chi connectivity index (χ0) is 25.5. The van der Waals surface area contributed by atoms with Gasteiger partial charge in [0.15, 0.2) is 18.1 Å². The Morgan fingerprint density at radius 2 is 1.69 bits per heavy atom. The van der Waals surface area contributed by atoms with Crippen molar-refractivity contribution >= 4 is 45.4 Å². The van der Waals surface area contributed by atoms with Crippen molar-refractivity contribution in [1.82, 2.24) is 0 Å². The zero-order valence-electron chi connectivity index (χ0n) is 18.6. The number of nitro benzene ring substituents is 2. The summed E-state index contributed by atoms with van der Waals surface area (Å²) in [6.07, 6.45) is 3.02. The van der Waals surface area contributed by atoms with E-state index in [-0.39, 0.29) is 29.4 Å². The number of hydrogen-bond acceptors (Lipinski definition) is 8. The molecule has 0 spiro atoms. The lowest BCUT2D eigenvalue weighted by Crippen LogP contribution is -2.18. The summed E-state index contributed by atoms with van der Waals surface area (Å²) in [4.78, 5) is 33.1. The third-order valence-corrected chi connectivity index (χ3v) is 5.34. The number of benzene rings is 3. The van der Waals surface area contributed by atoms with E-state index in [2.05, 4.69) is 15.9 Å². The third-order valence-electron chi connectivity index (χ3n) is 4.72. The summed E-state index contributed by atoms with van der Waals surface area (Å²) in [6, 6.07) is 13.6. The summed E-state index contributed by atoms with van der Waals surface area (Å²) in [6.45, 7) is 1.61. The van der Waals surface area contributed by atoms with E-state index in [1.165, 1.54) is 31.4 Å². The van der Waals surface area contributed by atoms with Crippen molar-refractivity contribution < 1.29 is 28.9 Å². The average Bonchev–Trinajstić information content (AvgIpc) is 2.82. The predicted octanol–water partition coefficient (Wildman–Crippen LogP) is 5.74. The Balaban J connectivity index is 1.72. The van der Waals surface area contributed by atoms with E-state index in [0.29, 0.717) is 15.8 Å². The van der Waals surface area contributed by atoms with Crippen LogP contribution in [-0.2, 0) is 4.79 Å². The molecule has 0 N–H and O–H groups in total. The number of carbonyl (C=O) groups is 1. The molecular weight excluding hydrogens is 524 g/mol. The molecule has 0 fully saturated rings. The Kier molecular flexibility index (Phi) is 8.16. The maximum Gasteiger partial charge on any atom is 0.349 e. The Hall–Kier alpha value is -4.25. The Bertz CT molecular complexity index is 1320. The number of halogens is 1. The molecule has 3 rings (SSSR count). The first-order valence-electron chi connectivity index (χ1n) is 10.1. The van der Waals surface area contributed by atoms with Crippen LogP contribution in [0, 0.1) is 27.2 Å². The maximum atomic E-state index is 12.3. The number of nitro groups is 2. The minimum atomic E-state index is -0.698. The largest absolute Gasteiger partial charge is 0.493 e. The van der Waals surface area contributed by atoms with E-state index in [1.807, 2.05) is 19.1 Å². The van der Waals surface area contributed by atoms with Gasteiger partial charge in [0.05, 0.1) is 33.1 Å². The molecule has 0 aliphatic carbocycles. The number of methoxy groups -OCH3 is 1. The molecule has 0 aliphatic heterocycles. The molecule has 3 aromatic rings. The molecule has 0 saturated carbocycles. The van der Waals surface area contributed by atoms with Crippen molar-refractivity contribution in [3.63, 3.8) is 0 Å². The number of esters is 1. The van der Waals surface area contributed by atoms with Crippen molar-refractivity contribution in [2.45, 2.75) is 6.92 Å². The van der Waals surface area contributed by atoms with Crippen LogP contribution < -0.4 is 14.2 Å². The molecule has 0 aromatic heterocycles. The van der Waals surface area contributed by atoms with Gasteiger partial charge in [0.25, 0.3) is 11.4 Å². The SMILES string of the molecule is COc1cc(C=Cc2ccc([N+](=O)[O-])cc2[N+](=O)[O-])ccc1OC(=O)COc1ccc(C)cc1Br. The highest BCUT2D eigenvalue weighted by atomic mass is 79.9. The number of hydrogen-bond donors (Lipinski definition) is 0. The second-order valence-corrected chi connectivity index (χ2v) is 8.05. The topological polar surface area (TPSA) is 131 Å². The van der Waals surface area contributed by atoms with Crippen LogP contribution in [0.5, 0.6) is 17.2 Å². The van der Waals surface area contributed by atoms with Crippen LogP contribution in [0.15, 0.2) is 59.1 Å². The second-order valence-electron chi connectivity index (χ2n) is 7.20. The Morgan fingerprint density at radius 3 is 2.34 bits per heavy atom. The molecule has 0 radical (unpaired) electrons. The van der Waals surface area contributed by atoms with Crippen LogP contribution in [0.3, 0.4) is 0 Å². The van der Waals surface area contributed by atoms with Gasteiger partial charge in [-0.15, -0.1) is 0 Å². The molecule has 0 heterocycles. The first-order chi connectivity index (χ1) is 16.7. The van der Waals surface area contributed by atoms with Gasteiger partial charge in [-0.05, 0) is 70.4 Å². The van der Waals surface area contributed by atoms with Gasteiger partial charge in [-0.3, -0.25) is 20.2 Å². The van der Waals surface area contributed by atoms with E-state index in [0.717, 1.165) is 11.6 Å². The Morgan fingerprint density at radius 1 is 0.943 bits per heavy atom. The number of aryl methyl sites for hydroxylation is 1. The van der Waals surface area contributed by atoms with Crippen molar-refractivity contribution in [2.24, 2.45) is 0 Å². The van der Waals surface area contributed by atoms with Gasteiger partial charge >= 0.3 is 5.97 Å². The van der Waals surface area contributed by atoms with E-state index in [1.54, 1.807) is 24.3 Å². The summed E-state index contributed by atoms with van der Waals surface area (Å²) in [7, 11) is 1.40. The van der Waals surface area contributed by atoms with Crippen molar-refractivity contribution in [1.29, 1.82) is 0 Å². The van der Waals surface area contributed by atoms with E-state index < -0.39 is 21.5 Å². The Labute approximate surface area is 208 Å². The van der Waals surface area contributed by atoms with E-state index in [9.17, 15) is 25.0 Å². The molecular formula is C24H19BrN2O8. The lowest BCUT2D eigenvalue weighted by Gasteiger charge is -2.11. The van der Waals surface area contributed by atoms with Gasteiger partial charge < -0.3 is 14.2 Å². The standard InChI is InChI=1S/C24H19BrN2O8/c1-15-3-9-21(19(25)11-15)34-14-24(28)35-22-10-5-16(12-23(22)33-2)4-6-17-7-8-18(26(29)30)13-20(17)27(31)32/h3-13H,14H2,1-2H3. The van der Waals surface area contributed by atoms with E-state index in [4.69, 9.17) is 14.2 Å². The van der Waals surface area contributed by atoms with Gasteiger partial charge in [0, 0.05) is 6.07 Å². The van der Waals surface area contributed by atoms with Gasteiger partial charge in [0.1, 0.15) is 5.75 Å². The first-order valence-corrected chi connectivity index (χ1v) is 10.9. The van der Waals surface area contributed by atoms with Crippen molar-refractivity contribution in [3.05, 3.63) is 96.0 Å². The monoisotopic (exact) mass is 542 g/mol. The fourth-order valence-electron chi connectivity index (χ4n) is 3.01. The fourth-order valence-corrected chi connectivity index (χ4v) is 3.62. The summed E-state index contributed by atoms with van der Waals surface area (Å²) in [5.41, 5.74) is 1.05. The average molecular weight is 543 g/mol. The number of ether oxygens (including phenoxy) is 3. The molecule has 10 nitrogen and oxygen atoms in total. The molecule has 0 aliphatic rings. The first kappa shape index (κ1) is 25.4. The molecule has 0 unspecified atom stereocenters. The maximum absolute atomic E-state index is 12.3. The highest BCUT2D eigenvalue weighted by Crippen LogP contribution is 2.31. The van der Waals surface area contributed by atoms with Crippen LogP contribution in [0.25, 0.3) is 12.2 Å². The number of rotatable bonds is 9. The molecule has 0 atom stereocenters. The molecule has 3 aromatic carbocycles. The minimum absolute atomic E-state index is 0.169. The van der Waals surface area contributed by atoms with Gasteiger partial charge in [-0.25, -0.2) is 4.79 Å². The lowest BCUT2D eigenvalue weighted by atomic mass is 10.1. The van der Waals surface area contributed by atoms with Crippen LogP contribution >= 0.6 is 15.9 Å². The van der Waals surface area contributed by atoms with Crippen LogP contribution in [0.4, 0.5) is 11.4 Å². The third kappa shape index (κ3) is 6.64. The predicted molar refractivity (Wildman–Crippen MR) is 132 cm³/mol. The van der Waals surface area contributed by atoms with Crippen molar-refractivity contribution in [2.75, 3.05) is 13.7 Å². The van der Waals surface area contributed by atoms with Crippen LogP contribution in [0.2, 0.25) is 0 Å². The number of nitrogens with zero attached hydrogens (tertiary/aromatic N) is 2. The summed E-state index contributed by atoms with van der Waals surface area (Å²) in [5.74, 6) is 0.290. The summed E-state index contributed by atoms with van der Waals surface area (Å²) in [5, 5.41) is 22.2. The van der Waals surface area contributed by atoms with E-state index >= 15 is 0 Å². The fraction of sp³-hybridized carbons (Fsp3) is 0.125. The van der Waals surface area contributed by atoms with Crippen LogP contribution in [0.1, 0.15) is 16.7 Å². The summed E-state index contributed by atoms with van der Waals surface area (Å²) >= 11 is 3.38. The van der Waals surface area contributed by atoms with Gasteiger partial charge in [-0.1, -0.05) is 18.2 Å². The quantitative estimate of drug-likeness (QED) is 0.110. The highest BCUT2D eigenvalue weighted by molar-refractivity contribution is 9.10. The van der Waals surface area contributed by atoms with Gasteiger partial charge in [0.2, 0.25) is 0 Å². The molecule has 0 amide bonds. The minimum Gasteiger partial charge on any atom is -0.493 e. The molecule has 11 heteroatoms. The molecule has 0 bridgehead atoms. The van der Waals surface area contributed by atoms with Crippen LogP contribution in [-0.4, -0.2) is 29.5 Å². The number of carbonyl (C=O) groups excluding carboxylic acids is 1. The van der Waals surface area contributed by atoms with Crippen molar-refractivity contribution in [3.8, 4) is 17.2 Å².